The van der Waals surface area contributed by atoms with Gasteiger partial charge in [-0.15, -0.1) is 0 Å². The van der Waals surface area contributed by atoms with E-state index in [0.29, 0.717) is 0 Å². The average Bonchev–Trinajstić information content (AvgIpc) is 2.61. The molecule has 0 N–H and O–H groups in total. The fourth-order valence-electron chi connectivity index (χ4n) is 3.44. The highest BCUT2D eigenvalue weighted by Gasteiger charge is 2.23. The number of anilines is 2. The van der Waals surface area contributed by atoms with E-state index >= 15 is 0 Å². The van der Waals surface area contributed by atoms with E-state index in [4.69, 9.17) is 0 Å². The van der Waals surface area contributed by atoms with Gasteiger partial charge in [-0.25, -0.2) is 0 Å². The van der Waals surface area contributed by atoms with Crippen LogP contribution in [-0.2, 0) is 0 Å². The van der Waals surface area contributed by atoms with Gasteiger partial charge in [0.25, 0.3) is 0 Å². The van der Waals surface area contributed by atoms with Crippen LogP contribution in [-0.4, -0.2) is 7.05 Å². The Bertz CT molecular complexity index is 983. The van der Waals surface area contributed by atoms with Crippen LogP contribution in [0.4, 0.5) is 11.4 Å². The number of nitrogens with zero attached hydrogens (tertiary/aromatic N) is 1. The normalized spacial score (nSPS) is 13.2. The maximum atomic E-state index is 2.32. The summed E-state index contributed by atoms with van der Waals surface area (Å²) in [4.78, 5) is 5.03. The molecule has 0 bridgehead atoms. The summed E-state index contributed by atoms with van der Waals surface area (Å²) in [6.07, 6.45) is 0. The van der Waals surface area contributed by atoms with Crippen molar-refractivity contribution in [3.8, 4) is 0 Å². The van der Waals surface area contributed by atoms with Crippen LogP contribution < -0.4 is 4.90 Å². The third-order valence-corrected chi connectivity index (χ3v) is 5.91. The second kappa shape index (κ2) is 4.77. The minimum Gasteiger partial charge on any atom is -0.343 e. The summed E-state index contributed by atoms with van der Waals surface area (Å²) in [5, 5.41) is 5.27. The molecule has 2 heteroatoms. The zero-order chi connectivity index (χ0) is 15.4. The predicted octanol–water partition coefficient (Wildman–Crippen LogP) is 6.23. The van der Waals surface area contributed by atoms with E-state index in [2.05, 4.69) is 84.7 Å². The van der Waals surface area contributed by atoms with E-state index in [0.717, 1.165) is 0 Å². The van der Waals surface area contributed by atoms with Crippen molar-refractivity contribution >= 4 is 44.7 Å². The van der Waals surface area contributed by atoms with Crippen LogP contribution in [0, 0.1) is 0 Å². The van der Waals surface area contributed by atoms with Gasteiger partial charge in [-0.2, -0.15) is 0 Å². The number of hydrogen-bond acceptors (Lipinski definition) is 2. The van der Waals surface area contributed by atoms with Gasteiger partial charge in [0.15, 0.2) is 0 Å². The van der Waals surface area contributed by atoms with Crippen molar-refractivity contribution in [2.75, 3.05) is 11.9 Å². The molecule has 0 fully saturated rings. The molecule has 1 aliphatic rings. The van der Waals surface area contributed by atoms with E-state index in [-0.39, 0.29) is 0 Å². The smallest absolute Gasteiger partial charge is 0.0556 e. The summed E-state index contributed by atoms with van der Waals surface area (Å²) in [5.74, 6) is 0. The van der Waals surface area contributed by atoms with Crippen molar-refractivity contribution in [3.63, 3.8) is 0 Å². The fraction of sp³-hybridized carbons (Fsp3) is 0.0476. The summed E-state index contributed by atoms with van der Waals surface area (Å²) in [5.41, 5.74) is 2.58. The van der Waals surface area contributed by atoms with Crippen LogP contribution >= 0.6 is 11.8 Å². The fourth-order valence-corrected chi connectivity index (χ4v) is 4.85. The Hall–Kier alpha value is -2.45. The topological polar surface area (TPSA) is 3.24 Å². The summed E-state index contributed by atoms with van der Waals surface area (Å²) < 4.78 is 0. The molecule has 110 valence electrons. The average molecular weight is 313 g/mol. The Morgan fingerprint density at radius 2 is 1.09 bits per heavy atom. The summed E-state index contributed by atoms with van der Waals surface area (Å²) in [6, 6.07) is 26.2. The van der Waals surface area contributed by atoms with E-state index in [1.165, 1.54) is 42.7 Å². The van der Waals surface area contributed by atoms with Crippen molar-refractivity contribution in [1.29, 1.82) is 0 Å². The van der Waals surface area contributed by atoms with Crippen molar-refractivity contribution < 1.29 is 0 Å². The Kier molecular flexibility index (Phi) is 2.70. The van der Waals surface area contributed by atoms with Gasteiger partial charge < -0.3 is 4.90 Å². The van der Waals surface area contributed by atoms with Gasteiger partial charge in [0, 0.05) is 16.8 Å². The van der Waals surface area contributed by atoms with Gasteiger partial charge in [0.05, 0.1) is 11.4 Å². The van der Waals surface area contributed by atoms with Gasteiger partial charge >= 0.3 is 0 Å². The van der Waals surface area contributed by atoms with E-state index in [9.17, 15) is 0 Å². The molecule has 0 spiro atoms. The second-order valence-electron chi connectivity index (χ2n) is 5.93. The quantitative estimate of drug-likeness (QED) is 0.379. The monoisotopic (exact) mass is 313 g/mol. The Balaban J connectivity index is 1.85. The zero-order valence-corrected chi connectivity index (χ0v) is 13.6. The Labute approximate surface area is 139 Å². The summed E-state index contributed by atoms with van der Waals surface area (Å²) in [6.45, 7) is 0. The molecule has 0 aromatic heterocycles. The predicted molar refractivity (Wildman–Crippen MR) is 100 cm³/mol. The zero-order valence-electron chi connectivity index (χ0n) is 12.8. The lowest BCUT2D eigenvalue weighted by Crippen LogP contribution is -2.14. The maximum absolute atomic E-state index is 2.32. The molecule has 1 aliphatic heterocycles. The van der Waals surface area contributed by atoms with Crippen LogP contribution in [0.15, 0.2) is 82.6 Å². The van der Waals surface area contributed by atoms with Gasteiger partial charge in [-0.05, 0) is 33.7 Å². The minimum atomic E-state index is 1.29. The van der Waals surface area contributed by atoms with Crippen LogP contribution in [0.25, 0.3) is 21.5 Å². The molecule has 4 aromatic carbocycles. The number of fused-ring (bicyclic) bond motifs is 6. The number of hydrogen-bond donors (Lipinski definition) is 0. The highest BCUT2D eigenvalue weighted by molar-refractivity contribution is 8.00. The first kappa shape index (κ1) is 13.0. The number of benzene rings is 4. The van der Waals surface area contributed by atoms with E-state index in [1.807, 2.05) is 11.8 Å². The maximum Gasteiger partial charge on any atom is 0.0556 e. The molecular formula is C21H15NS. The SMILES string of the molecule is CN1c2ccc3ccccc3c2Sc2c1ccc1ccccc21. The molecule has 23 heavy (non-hydrogen) atoms. The molecule has 0 amide bonds. The van der Waals surface area contributed by atoms with E-state index < -0.39 is 0 Å². The summed E-state index contributed by atoms with van der Waals surface area (Å²) >= 11 is 1.90. The minimum absolute atomic E-state index is 1.29. The van der Waals surface area contributed by atoms with Crippen LogP contribution in [0.1, 0.15) is 0 Å². The van der Waals surface area contributed by atoms with Crippen molar-refractivity contribution in [2.45, 2.75) is 9.79 Å². The van der Waals surface area contributed by atoms with Gasteiger partial charge in [-0.1, -0.05) is 72.4 Å². The van der Waals surface area contributed by atoms with Crippen LogP contribution in [0.5, 0.6) is 0 Å². The van der Waals surface area contributed by atoms with Crippen LogP contribution in [0.2, 0.25) is 0 Å². The molecule has 0 saturated heterocycles. The molecule has 0 radical (unpaired) electrons. The molecular weight excluding hydrogens is 298 g/mol. The number of rotatable bonds is 0. The molecule has 1 heterocycles. The molecule has 0 aliphatic carbocycles. The second-order valence-corrected chi connectivity index (χ2v) is 6.95. The molecule has 5 rings (SSSR count). The third-order valence-electron chi connectivity index (χ3n) is 4.64. The molecule has 0 saturated carbocycles. The van der Waals surface area contributed by atoms with E-state index in [1.54, 1.807) is 0 Å². The standard InChI is InChI=1S/C21H15NS/c1-22-18-12-10-14-6-2-4-8-16(14)20(18)23-21-17-9-5-3-7-15(17)11-13-19(21)22/h2-13H,1H3. The summed E-state index contributed by atoms with van der Waals surface area (Å²) in [7, 11) is 2.17. The first-order valence-electron chi connectivity index (χ1n) is 7.78. The van der Waals surface area contributed by atoms with Crippen molar-refractivity contribution in [1.82, 2.24) is 0 Å². The first-order chi connectivity index (χ1) is 11.3. The Morgan fingerprint density at radius 1 is 0.609 bits per heavy atom. The third kappa shape index (κ3) is 1.82. The molecule has 0 atom stereocenters. The lowest BCUT2D eigenvalue weighted by Gasteiger charge is -2.31. The van der Waals surface area contributed by atoms with Gasteiger partial charge in [0.2, 0.25) is 0 Å². The van der Waals surface area contributed by atoms with Gasteiger partial charge in [-0.3, -0.25) is 0 Å². The molecule has 0 unspecified atom stereocenters. The molecule has 4 aromatic rings. The van der Waals surface area contributed by atoms with Crippen molar-refractivity contribution in [2.24, 2.45) is 0 Å². The highest BCUT2D eigenvalue weighted by atomic mass is 32.2. The lowest BCUT2D eigenvalue weighted by atomic mass is 10.1. The highest BCUT2D eigenvalue weighted by Crippen LogP contribution is 2.52. The van der Waals surface area contributed by atoms with Crippen LogP contribution in [0.3, 0.4) is 0 Å². The lowest BCUT2D eigenvalue weighted by molar-refractivity contribution is 1.13. The first-order valence-corrected chi connectivity index (χ1v) is 8.60. The molecule has 1 nitrogen and oxygen atoms in total. The Morgan fingerprint density at radius 3 is 1.61 bits per heavy atom. The largest absolute Gasteiger partial charge is 0.343 e. The van der Waals surface area contributed by atoms with Gasteiger partial charge in [0.1, 0.15) is 0 Å². The van der Waals surface area contributed by atoms with Crippen molar-refractivity contribution in [3.05, 3.63) is 72.8 Å².